The fourth-order valence-electron chi connectivity index (χ4n) is 3.30. The van der Waals surface area contributed by atoms with E-state index in [-0.39, 0.29) is 11.9 Å². The maximum atomic E-state index is 12.7. The van der Waals surface area contributed by atoms with Crippen LogP contribution in [-0.2, 0) is 24.2 Å². The molecule has 1 aromatic carbocycles. The predicted molar refractivity (Wildman–Crippen MR) is 92.2 cm³/mol. The molecule has 0 saturated heterocycles. The third-order valence-corrected chi connectivity index (χ3v) is 5.59. The molecule has 2 aliphatic heterocycles. The van der Waals surface area contributed by atoms with E-state index in [1.165, 1.54) is 16.0 Å². The zero-order valence-electron chi connectivity index (χ0n) is 13.2. The Bertz CT molecular complexity index is 740. The number of carbonyl (C=O) groups excluding carboxylic acids is 1. The number of fused-ring (bicyclic) bond motifs is 2. The molecule has 0 radical (unpaired) electrons. The van der Waals surface area contributed by atoms with Crippen molar-refractivity contribution in [3.05, 3.63) is 45.6 Å². The summed E-state index contributed by atoms with van der Waals surface area (Å²) in [4.78, 5) is 16.1. The Hall–Kier alpha value is -2.01. The van der Waals surface area contributed by atoms with E-state index in [2.05, 4.69) is 22.8 Å². The topological polar surface area (TPSA) is 41.6 Å². The molecule has 1 N–H and O–H groups in total. The van der Waals surface area contributed by atoms with Gasteiger partial charge in [0.05, 0.1) is 6.61 Å². The van der Waals surface area contributed by atoms with Crippen molar-refractivity contribution in [2.75, 3.05) is 18.5 Å². The average molecular weight is 328 g/mol. The summed E-state index contributed by atoms with van der Waals surface area (Å²) in [7, 11) is 0. The van der Waals surface area contributed by atoms with Gasteiger partial charge in [-0.2, -0.15) is 0 Å². The summed E-state index contributed by atoms with van der Waals surface area (Å²) in [5.41, 5.74) is 3.51. The maximum absolute atomic E-state index is 12.7. The fraction of sp³-hybridized carbons (Fsp3) is 0.389. The van der Waals surface area contributed by atoms with Crippen molar-refractivity contribution < 1.29 is 9.53 Å². The van der Waals surface area contributed by atoms with Crippen molar-refractivity contribution in [3.8, 4) is 5.75 Å². The Labute approximate surface area is 140 Å². The van der Waals surface area contributed by atoms with Crippen molar-refractivity contribution in [1.29, 1.82) is 0 Å². The molecule has 5 heteroatoms. The molecule has 0 bridgehead atoms. The SMILES string of the molecule is CC(Nc1ccc2c(c1)CCO2)C(=O)N1CCc2sccc2C1. The molecule has 23 heavy (non-hydrogen) atoms. The van der Waals surface area contributed by atoms with Crippen molar-refractivity contribution in [2.24, 2.45) is 0 Å². The van der Waals surface area contributed by atoms with Crippen LogP contribution < -0.4 is 10.1 Å². The van der Waals surface area contributed by atoms with Crippen LogP contribution in [0.1, 0.15) is 22.9 Å². The van der Waals surface area contributed by atoms with Gasteiger partial charge in [0.15, 0.2) is 0 Å². The second-order valence-electron chi connectivity index (χ2n) is 6.17. The molecule has 2 aliphatic rings. The number of rotatable bonds is 3. The Morgan fingerprint density at radius 3 is 3.13 bits per heavy atom. The largest absolute Gasteiger partial charge is 0.493 e. The quantitative estimate of drug-likeness (QED) is 0.941. The minimum Gasteiger partial charge on any atom is -0.493 e. The van der Waals surface area contributed by atoms with Crippen LogP contribution in [0.25, 0.3) is 0 Å². The molecule has 4 rings (SSSR count). The lowest BCUT2D eigenvalue weighted by Gasteiger charge is -2.30. The highest BCUT2D eigenvalue weighted by Crippen LogP contribution is 2.28. The van der Waals surface area contributed by atoms with Gasteiger partial charge in [-0.15, -0.1) is 11.3 Å². The zero-order valence-corrected chi connectivity index (χ0v) is 14.0. The summed E-state index contributed by atoms with van der Waals surface area (Å²) in [5, 5.41) is 5.46. The first-order valence-electron chi connectivity index (χ1n) is 8.07. The van der Waals surface area contributed by atoms with Crippen LogP contribution >= 0.6 is 11.3 Å². The van der Waals surface area contributed by atoms with Crippen LogP contribution in [0.15, 0.2) is 29.6 Å². The van der Waals surface area contributed by atoms with Crippen LogP contribution in [-0.4, -0.2) is 30.0 Å². The van der Waals surface area contributed by atoms with Gasteiger partial charge in [0, 0.05) is 30.1 Å². The van der Waals surface area contributed by atoms with Gasteiger partial charge in [0.25, 0.3) is 0 Å². The molecule has 120 valence electrons. The first-order valence-corrected chi connectivity index (χ1v) is 8.95. The second-order valence-corrected chi connectivity index (χ2v) is 7.17. The lowest BCUT2D eigenvalue weighted by Crippen LogP contribution is -2.43. The van der Waals surface area contributed by atoms with Gasteiger partial charge in [-0.3, -0.25) is 4.79 Å². The van der Waals surface area contributed by atoms with Gasteiger partial charge < -0.3 is 15.0 Å². The number of hydrogen-bond donors (Lipinski definition) is 1. The molecule has 3 heterocycles. The molecular formula is C18H20N2O2S. The highest BCUT2D eigenvalue weighted by molar-refractivity contribution is 7.10. The number of ether oxygens (including phenoxy) is 1. The van der Waals surface area contributed by atoms with Crippen molar-refractivity contribution in [1.82, 2.24) is 4.90 Å². The number of nitrogens with one attached hydrogen (secondary N) is 1. The number of thiophene rings is 1. The lowest BCUT2D eigenvalue weighted by molar-refractivity contribution is -0.132. The van der Waals surface area contributed by atoms with Gasteiger partial charge >= 0.3 is 0 Å². The van der Waals surface area contributed by atoms with Crippen molar-refractivity contribution in [2.45, 2.75) is 32.4 Å². The van der Waals surface area contributed by atoms with E-state index >= 15 is 0 Å². The molecule has 0 fully saturated rings. The number of amides is 1. The Morgan fingerprint density at radius 1 is 1.30 bits per heavy atom. The van der Waals surface area contributed by atoms with Gasteiger partial charge in [0.1, 0.15) is 11.8 Å². The summed E-state index contributed by atoms with van der Waals surface area (Å²) >= 11 is 1.80. The van der Waals surface area contributed by atoms with E-state index in [1.807, 2.05) is 24.0 Å². The van der Waals surface area contributed by atoms with E-state index in [9.17, 15) is 4.79 Å². The average Bonchev–Trinajstić information content (AvgIpc) is 3.21. The molecule has 4 nitrogen and oxygen atoms in total. The first-order chi connectivity index (χ1) is 11.2. The Kier molecular flexibility index (Phi) is 3.73. The molecule has 1 aromatic heterocycles. The van der Waals surface area contributed by atoms with Gasteiger partial charge in [-0.05, 0) is 54.1 Å². The summed E-state index contributed by atoms with van der Waals surface area (Å²) in [6.07, 6.45) is 1.92. The summed E-state index contributed by atoms with van der Waals surface area (Å²) in [6.45, 7) is 4.25. The van der Waals surface area contributed by atoms with Crippen LogP contribution in [0.5, 0.6) is 5.75 Å². The van der Waals surface area contributed by atoms with Crippen molar-refractivity contribution in [3.63, 3.8) is 0 Å². The van der Waals surface area contributed by atoms with Gasteiger partial charge in [-0.1, -0.05) is 0 Å². The minimum absolute atomic E-state index is 0.165. The normalized spacial score (nSPS) is 17.2. The number of carbonyl (C=O) groups is 1. The Balaban J connectivity index is 1.43. The number of nitrogens with zero attached hydrogens (tertiary/aromatic N) is 1. The number of hydrogen-bond acceptors (Lipinski definition) is 4. The Morgan fingerprint density at radius 2 is 2.22 bits per heavy atom. The van der Waals surface area contributed by atoms with E-state index < -0.39 is 0 Å². The third-order valence-electron chi connectivity index (χ3n) is 4.56. The second kappa shape index (κ2) is 5.89. The monoisotopic (exact) mass is 328 g/mol. The first kappa shape index (κ1) is 14.6. The van der Waals surface area contributed by atoms with Crippen LogP contribution in [0.4, 0.5) is 5.69 Å². The van der Waals surface area contributed by atoms with E-state index in [1.54, 1.807) is 11.3 Å². The molecule has 1 amide bonds. The molecule has 1 atom stereocenters. The summed E-state index contributed by atoms with van der Waals surface area (Å²) in [6, 6.07) is 7.98. The highest BCUT2D eigenvalue weighted by Gasteiger charge is 2.25. The lowest BCUT2D eigenvalue weighted by atomic mass is 10.1. The fourth-order valence-corrected chi connectivity index (χ4v) is 4.19. The van der Waals surface area contributed by atoms with E-state index in [4.69, 9.17) is 4.74 Å². The molecule has 0 aliphatic carbocycles. The molecule has 0 spiro atoms. The van der Waals surface area contributed by atoms with Crippen LogP contribution in [0, 0.1) is 0 Å². The summed E-state index contributed by atoms with van der Waals surface area (Å²) in [5.74, 6) is 1.13. The van der Waals surface area contributed by atoms with Gasteiger partial charge in [-0.25, -0.2) is 0 Å². The predicted octanol–water partition coefficient (Wildman–Crippen LogP) is 3.07. The van der Waals surface area contributed by atoms with Gasteiger partial charge in [0.2, 0.25) is 5.91 Å². The number of anilines is 1. The highest BCUT2D eigenvalue weighted by atomic mass is 32.1. The smallest absolute Gasteiger partial charge is 0.245 e. The third kappa shape index (κ3) is 2.81. The zero-order chi connectivity index (χ0) is 15.8. The molecule has 1 unspecified atom stereocenters. The van der Waals surface area contributed by atoms with Crippen LogP contribution in [0.3, 0.4) is 0 Å². The minimum atomic E-state index is -0.226. The van der Waals surface area contributed by atoms with E-state index in [0.29, 0.717) is 0 Å². The molecule has 0 saturated carbocycles. The molecular weight excluding hydrogens is 308 g/mol. The van der Waals surface area contributed by atoms with Crippen LogP contribution in [0.2, 0.25) is 0 Å². The van der Waals surface area contributed by atoms with E-state index in [0.717, 1.165) is 44.0 Å². The maximum Gasteiger partial charge on any atom is 0.245 e. The summed E-state index contributed by atoms with van der Waals surface area (Å²) < 4.78 is 5.52. The number of benzene rings is 1. The molecule has 2 aromatic rings. The standard InChI is InChI=1S/C18H20N2O2S/c1-12(19-15-2-3-16-13(10-15)5-8-22-16)18(21)20-7-4-17-14(11-20)6-9-23-17/h2-3,6,9-10,12,19H,4-5,7-8,11H2,1H3. The van der Waals surface area contributed by atoms with Crippen molar-refractivity contribution >= 4 is 22.9 Å².